The number of hydrogen-bond acceptors (Lipinski definition) is 5. The molecule has 2 aromatic rings. The first-order valence-electron chi connectivity index (χ1n) is 4.09. The van der Waals surface area contributed by atoms with Crippen molar-refractivity contribution in [3.05, 3.63) is 27.6 Å². The predicted molar refractivity (Wildman–Crippen MR) is 58.1 cm³/mol. The van der Waals surface area contributed by atoms with Gasteiger partial charge in [0.25, 0.3) is 0 Å². The summed E-state index contributed by atoms with van der Waals surface area (Å²) in [6, 6.07) is 3.87. The molecular formula is C8H9N3OS2. The lowest BCUT2D eigenvalue weighted by Crippen LogP contribution is -1.97. The molecule has 0 aliphatic carbocycles. The van der Waals surface area contributed by atoms with Crippen LogP contribution in [0.4, 0.5) is 5.13 Å². The number of nitrogens with one attached hydrogen (secondary N) is 2. The molecule has 0 fully saturated rings. The highest BCUT2D eigenvalue weighted by atomic mass is 32.1. The second-order valence-corrected chi connectivity index (χ2v) is 4.45. The molecule has 0 amide bonds. The number of aryl methyl sites for hydroxylation is 1. The van der Waals surface area contributed by atoms with E-state index in [1.165, 1.54) is 11.3 Å². The van der Waals surface area contributed by atoms with Crippen molar-refractivity contribution in [3.8, 4) is 0 Å². The normalized spacial score (nSPS) is 10.4. The van der Waals surface area contributed by atoms with E-state index < -0.39 is 0 Å². The molecule has 0 spiro atoms. The fraction of sp³-hybridized carbons (Fsp3) is 0.250. The standard InChI is InChI=1S/C8H9N3OS2/c1-5-2-3-6(12-5)4-9-7-10-11-8(13)14-7/h2-3H,4H2,1H3,(H,9,10)(H,11,13). The molecule has 0 atom stereocenters. The van der Waals surface area contributed by atoms with Crippen molar-refractivity contribution in [2.45, 2.75) is 13.5 Å². The van der Waals surface area contributed by atoms with Gasteiger partial charge in [-0.05, 0) is 31.3 Å². The lowest BCUT2D eigenvalue weighted by atomic mass is 10.4. The van der Waals surface area contributed by atoms with Crippen LogP contribution in [0, 0.1) is 10.9 Å². The summed E-state index contributed by atoms with van der Waals surface area (Å²) in [5, 5.41) is 10.6. The summed E-state index contributed by atoms with van der Waals surface area (Å²) in [7, 11) is 0. The average Bonchev–Trinajstić information content (AvgIpc) is 2.72. The SMILES string of the molecule is Cc1ccc(CNc2n[nH]c(=S)s2)o1. The molecule has 2 heterocycles. The maximum absolute atomic E-state index is 5.39. The first-order valence-corrected chi connectivity index (χ1v) is 5.31. The molecule has 0 bridgehead atoms. The number of H-pyrrole nitrogens is 1. The topological polar surface area (TPSA) is 53.9 Å². The van der Waals surface area contributed by atoms with Gasteiger partial charge in [-0.25, -0.2) is 0 Å². The lowest BCUT2D eigenvalue weighted by molar-refractivity contribution is 0.490. The monoisotopic (exact) mass is 227 g/mol. The first kappa shape index (κ1) is 9.42. The molecule has 0 aliphatic rings. The molecule has 0 saturated carbocycles. The van der Waals surface area contributed by atoms with Gasteiger partial charge in [0.15, 0.2) is 3.95 Å². The summed E-state index contributed by atoms with van der Waals surface area (Å²) in [5.74, 6) is 1.81. The van der Waals surface area contributed by atoms with Gasteiger partial charge >= 0.3 is 0 Å². The molecular weight excluding hydrogens is 218 g/mol. The van der Waals surface area contributed by atoms with Crippen LogP contribution in [0.15, 0.2) is 16.5 Å². The number of aromatic amines is 1. The quantitative estimate of drug-likeness (QED) is 0.792. The summed E-state index contributed by atoms with van der Waals surface area (Å²) in [6.07, 6.45) is 0. The van der Waals surface area contributed by atoms with Crippen LogP contribution in [0.25, 0.3) is 0 Å². The first-order chi connectivity index (χ1) is 6.74. The van der Waals surface area contributed by atoms with Crippen LogP contribution in [-0.2, 0) is 6.54 Å². The Morgan fingerprint density at radius 2 is 2.50 bits per heavy atom. The van der Waals surface area contributed by atoms with E-state index in [0.717, 1.165) is 16.7 Å². The number of furan rings is 1. The van der Waals surface area contributed by atoms with E-state index >= 15 is 0 Å². The Morgan fingerprint density at radius 1 is 1.64 bits per heavy atom. The van der Waals surface area contributed by atoms with Gasteiger partial charge in [0.1, 0.15) is 11.5 Å². The summed E-state index contributed by atoms with van der Waals surface area (Å²) in [4.78, 5) is 0. The fourth-order valence-electron chi connectivity index (χ4n) is 1.05. The molecule has 0 radical (unpaired) electrons. The molecule has 74 valence electrons. The van der Waals surface area contributed by atoms with Crippen LogP contribution >= 0.6 is 23.6 Å². The third-order valence-corrected chi connectivity index (χ3v) is 2.69. The second-order valence-electron chi connectivity index (χ2n) is 2.78. The average molecular weight is 227 g/mol. The third-order valence-electron chi connectivity index (χ3n) is 1.65. The van der Waals surface area contributed by atoms with Crippen LogP contribution in [0.5, 0.6) is 0 Å². The van der Waals surface area contributed by atoms with Crippen molar-refractivity contribution in [2.24, 2.45) is 0 Å². The van der Waals surface area contributed by atoms with E-state index in [1.54, 1.807) is 0 Å². The van der Waals surface area contributed by atoms with E-state index in [4.69, 9.17) is 16.6 Å². The number of rotatable bonds is 3. The van der Waals surface area contributed by atoms with Gasteiger partial charge in [-0.1, -0.05) is 11.3 Å². The highest BCUT2D eigenvalue weighted by molar-refractivity contribution is 7.73. The summed E-state index contributed by atoms with van der Waals surface area (Å²) < 4.78 is 6.06. The Balaban J connectivity index is 1.98. The zero-order chi connectivity index (χ0) is 9.97. The molecule has 0 aromatic carbocycles. The van der Waals surface area contributed by atoms with Crippen LogP contribution in [-0.4, -0.2) is 10.2 Å². The molecule has 0 aliphatic heterocycles. The number of anilines is 1. The summed E-state index contributed by atoms with van der Waals surface area (Å²) in [5.41, 5.74) is 0. The zero-order valence-electron chi connectivity index (χ0n) is 7.53. The maximum Gasteiger partial charge on any atom is 0.204 e. The van der Waals surface area contributed by atoms with Crippen LogP contribution in [0.3, 0.4) is 0 Å². The van der Waals surface area contributed by atoms with E-state index in [1.807, 2.05) is 19.1 Å². The third kappa shape index (κ3) is 2.21. The fourth-order valence-corrected chi connectivity index (χ4v) is 1.83. The molecule has 2 aromatic heterocycles. The smallest absolute Gasteiger partial charge is 0.204 e. The number of aromatic nitrogens is 2. The second kappa shape index (κ2) is 3.93. The maximum atomic E-state index is 5.39. The van der Waals surface area contributed by atoms with Crippen LogP contribution in [0.1, 0.15) is 11.5 Å². The molecule has 0 saturated heterocycles. The van der Waals surface area contributed by atoms with Crippen molar-refractivity contribution in [1.82, 2.24) is 10.2 Å². The Morgan fingerprint density at radius 3 is 3.07 bits per heavy atom. The minimum absolute atomic E-state index is 0.629. The van der Waals surface area contributed by atoms with E-state index in [-0.39, 0.29) is 0 Å². The van der Waals surface area contributed by atoms with Gasteiger partial charge < -0.3 is 9.73 Å². The molecule has 2 N–H and O–H groups in total. The highest BCUT2D eigenvalue weighted by Crippen LogP contribution is 2.13. The summed E-state index contributed by atoms with van der Waals surface area (Å²) >= 11 is 6.31. The Hall–Kier alpha value is -1.14. The van der Waals surface area contributed by atoms with Gasteiger partial charge in [0.2, 0.25) is 5.13 Å². The van der Waals surface area contributed by atoms with Gasteiger partial charge in [0.05, 0.1) is 6.54 Å². The van der Waals surface area contributed by atoms with Crippen LogP contribution in [0.2, 0.25) is 0 Å². The molecule has 6 heteroatoms. The van der Waals surface area contributed by atoms with Crippen molar-refractivity contribution < 1.29 is 4.42 Å². The zero-order valence-corrected chi connectivity index (χ0v) is 9.17. The molecule has 0 unspecified atom stereocenters. The largest absolute Gasteiger partial charge is 0.465 e. The molecule has 14 heavy (non-hydrogen) atoms. The van der Waals surface area contributed by atoms with Gasteiger partial charge in [-0.15, -0.1) is 5.10 Å². The minimum Gasteiger partial charge on any atom is -0.465 e. The van der Waals surface area contributed by atoms with Crippen LogP contribution < -0.4 is 5.32 Å². The van der Waals surface area contributed by atoms with E-state index in [2.05, 4.69) is 15.5 Å². The Labute approximate surface area is 90.0 Å². The van der Waals surface area contributed by atoms with Gasteiger partial charge in [0, 0.05) is 0 Å². The van der Waals surface area contributed by atoms with E-state index in [9.17, 15) is 0 Å². The number of nitrogens with zero attached hydrogens (tertiary/aromatic N) is 1. The van der Waals surface area contributed by atoms with Gasteiger partial charge in [-0.3, -0.25) is 5.10 Å². The summed E-state index contributed by atoms with van der Waals surface area (Å²) in [6.45, 7) is 2.55. The Bertz CT molecular complexity index is 471. The predicted octanol–water partition coefficient (Wildman–Crippen LogP) is 2.71. The molecule has 4 nitrogen and oxygen atoms in total. The van der Waals surface area contributed by atoms with Crippen molar-refractivity contribution >= 4 is 28.7 Å². The van der Waals surface area contributed by atoms with E-state index in [0.29, 0.717) is 10.5 Å². The van der Waals surface area contributed by atoms with Crippen molar-refractivity contribution in [3.63, 3.8) is 0 Å². The highest BCUT2D eigenvalue weighted by Gasteiger charge is 2.00. The van der Waals surface area contributed by atoms with Crippen molar-refractivity contribution in [2.75, 3.05) is 5.32 Å². The lowest BCUT2D eigenvalue weighted by Gasteiger charge is -1.97. The minimum atomic E-state index is 0.629. The van der Waals surface area contributed by atoms with Gasteiger partial charge in [-0.2, -0.15) is 0 Å². The van der Waals surface area contributed by atoms with Crippen molar-refractivity contribution in [1.29, 1.82) is 0 Å². The Kier molecular flexibility index (Phi) is 2.64. The number of hydrogen-bond donors (Lipinski definition) is 2. The molecule has 2 rings (SSSR count).